The van der Waals surface area contributed by atoms with Gasteiger partial charge in [-0.25, -0.2) is 0 Å². The lowest BCUT2D eigenvalue weighted by Crippen LogP contribution is -2.00. The number of ether oxygens (including phenoxy) is 1. The molecule has 1 rings (SSSR count). The Kier molecular flexibility index (Phi) is 4.80. The van der Waals surface area contributed by atoms with E-state index in [4.69, 9.17) is 4.74 Å². The van der Waals surface area contributed by atoms with Gasteiger partial charge in [0.2, 0.25) is 0 Å². The van der Waals surface area contributed by atoms with Gasteiger partial charge in [0.15, 0.2) is 0 Å². The fraction of sp³-hybridized carbons (Fsp3) is 0.286. The molecule has 0 saturated carbocycles. The largest absolute Gasteiger partial charge is 0.490 e. The first kappa shape index (κ1) is 12.5. The third kappa shape index (κ3) is 3.91. The van der Waals surface area contributed by atoms with Crippen LogP contribution in [0.5, 0.6) is 5.75 Å². The van der Waals surface area contributed by atoms with E-state index in [-0.39, 0.29) is 0 Å². The van der Waals surface area contributed by atoms with Crippen LogP contribution in [0.4, 0.5) is 0 Å². The maximum Gasteiger partial charge on any atom is 0.119 e. The Labute approximate surface area is 96.9 Å². The first-order chi connectivity index (χ1) is 7.63. The van der Waals surface area contributed by atoms with Gasteiger partial charge in [0.25, 0.3) is 0 Å². The number of aliphatic hydroxyl groups excluding tert-OH is 1. The van der Waals surface area contributed by atoms with Crippen molar-refractivity contribution in [2.24, 2.45) is 0 Å². The summed E-state index contributed by atoms with van der Waals surface area (Å²) in [5, 5.41) is 9.35. The lowest BCUT2D eigenvalue weighted by molar-refractivity contribution is 0.232. The predicted molar refractivity (Wildman–Crippen MR) is 67.5 cm³/mol. The molecule has 1 N–H and O–H groups in total. The van der Waals surface area contributed by atoms with Crippen LogP contribution in [0.15, 0.2) is 42.5 Å². The molecular weight excluding hydrogens is 200 g/mol. The first-order valence-corrected chi connectivity index (χ1v) is 5.33. The zero-order valence-electron chi connectivity index (χ0n) is 9.81. The first-order valence-electron chi connectivity index (χ1n) is 5.33. The second-order valence-corrected chi connectivity index (χ2v) is 3.73. The van der Waals surface area contributed by atoms with E-state index in [1.807, 2.05) is 37.3 Å². The minimum Gasteiger partial charge on any atom is -0.490 e. The highest BCUT2D eigenvalue weighted by molar-refractivity contribution is 5.54. The Morgan fingerprint density at radius 1 is 1.44 bits per heavy atom. The van der Waals surface area contributed by atoms with Crippen molar-refractivity contribution in [2.75, 3.05) is 6.61 Å². The molecule has 0 aliphatic rings. The molecule has 0 aliphatic heterocycles. The molecule has 1 atom stereocenters. The molecule has 0 bridgehead atoms. The van der Waals surface area contributed by atoms with Crippen molar-refractivity contribution in [2.45, 2.75) is 20.0 Å². The zero-order valence-corrected chi connectivity index (χ0v) is 9.81. The summed E-state index contributed by atoms with van der Waals surface area (Å²) in [6.07, 6.45) is 3.27. The van der Waals surface area contributed by atoms with E-state index >= 15 is 0 Å². The summed E-state index contributed by atoms with van der Waals surface area (Å²) in [6.45, 7) is 7.77. The summed E-state index contributed by atoms with van der Waals surface area (Å²) in [6, 6.07) is 7.74. The van der Waals surface area contributed by atoms with Gasteiger partial charge in [-0.05, 0) is 37.1 Å². The molecule has 0 amide bonds. The van der Waals surface area contributed by atoms with Crippen LogP contribution in [0.25, 0.3) is 6.08 Å². The van der Waals surface area contributed by atoms with Crippen LogP contribution in [0.1, 0.15) is 19.4 Å². The van der Waals surface area contributed by atoms with Gasteiger partial charge in [0.1, 0.15) is 12.4 Å². The molecule has 16 heavy (non-hydrogen) atoms. The van der Waals surface area contributed by atoms with E-state index in [1.54, 1.807) is 13.0 Å². The Morgan fingerprint density at radius 3 is 2.56 bits per heavy atom. The van der Waals surface area contributed by atoms with Crippen molar-refractivity contribution in [1.82, 2.24) is 0 Å². The number of rotatable bonds is 5. The highest BCUT2D eigenvalue weighted by Gasteiger charge is 1.98. The van der Waals surface area contributed by atoms with Crippen LogP contribution in [0, 0.1) is 0 Å². The van der Waals surface area contributed by atoms with E-state index in [9.17, 15) is 5.11 Å². The van der Waals surface area contributed by atoms with Crippen LogP contribution >= 0.6 is 0 Å². The minimum atomic E-state index is -0.406. The standard InChI is InChI=1S/C14H18O2/c1-4-9-16-14-7-5-13(6-8-14)10-11(2)12(3)15/h4-8,10,12,15H,1,9H2,2-3H3/b11-10+. The molecule has 1 aromatic rings. The van der Waals surface area contributed by atoms with Gasteiger partial charge in [-0.2, -0.15) is 0 Å². The molecule has 0 spiro atoms. The summed E-state index contributed by atoms with van der Waals surface area (Å²) in [4.78, 5) is 0. The van der Waals surface area contributed by atoms with Gasteiger partial charge >= 0.3 is 0 Å². The summed E-state index contributed by atoms with van der Waals surface area (Å²) in [7, 11) is 0. The third-order valence-corrected chi connectivity index (χ3v) is 2.30. The van der Waals surface area contributed by atoms with Gasteiger partial charge < -0.3 is 9.84 Å². The van der Waals surface area contributed by atoms with E-state index in [0.717, 1.165) is 16.9 Å². The molecular formula is C14H18O2. The number of hydrogen-bond donors (Lipinski definition) is 1. The molecule has 0 heterocycles. The Balaban J connectivity index is 2.71. The maximum absolute atomic E-state index is 9.35. The van der Waals surface area contributed by atoms with Crippen LogP contribution < -0.4 is 4.74 Å². The van der Waals surface area contributed by atoms with Crippen LogP contribution in [-0.4, -0.2) is 17.8 Å². The highest BCUT2D eigenvalue weighted by Crippen LogP contribution is 2.15. The van der Waals surface area contributed by atoms with Gasteiger partial charge in [-0.3, -0.25) is 0 Å². The summed E-state index contributed by atoms with van der Waals surface area (Å²) in [5.74, 6) is 0.826. The monoisotopic (exact) mass is 218 g/mol. The van der Waals surface area contributed by atoms with E-state index in [0.29, 0.717) is 6.61 Å². The molecule has 0 aromatic heterocycles. The van der Waals surface area contributed by atoms with Gasteiger partial charge in [0.05, 0.1) is 6.10 Å². The van der Waals surface area contributed by atoms with Crippen LogP contribution in [0.3, 0.4) is 0 Å². The van der Waals surface area contributed by atoms with Gasteiger partial charge in [0, 0.05) is 0 Å². The Morgan fingerprint density at radius 2 is 2.06 bits per heavy atom. The van der Waals surface area contributed by atoms with E-state index in [2.05, 4.69) is 6.58 Å². The predicted octanol–water partition coefficient (Wildman–Crippen LogP) is 3.04. The van der Waals surface area contributed by atoms with Crippen molar-refractivity contribution in [3.8, 4) is 5.75 Å². The van der Waals surface area contributed by atoms with Crippen molar-refractivity contribution in [1.29, 1.82) is 0 Å². The smallest absolute Gasteiger partial charge is 0.119 e. The fourth-order valence-electron chi connectivity index (χ4n) is 1.20. The average molecular weight is 218 g/mol. The molecule has 86 valence electrons. The molecule has 0 radical (unpaired) electrons. The third-order valence-electron chi connectivity index (χ3n) is 2.30. The second-order valence-electron chi connectivity index (χ2n) is 3.73. The van der Waals surface area contributed by atoms with Gasteiger partial charge in [-0.1, -0.05) is 30.9 Å². The highest BCUT2D eigenvalue weighted by atomic mass is 16.5. The Bertz CT molecular complexity index is 361. The van der Waals surface area contributed by atoms with Crippen LogP contribution in [0.2, 0.25) is 0 Å². The van der Waals surface area contributed by atoms with Gasteiger partial charge in [-0.15, -0.1) is 0 Å². The Hall–Kier alpha value is -1.54. The fourth-order valence-corrected chi connectivity index (χ4v) is 1.20. The number of benzene rings is 1. The zero-order chi connectivity index (χ0) is 12.0. The lowest BCUT2D eigenvalue weighted by atomic mass is 10.1. The number of hydrogen-bond acceptors (Lipinski definition) is 2. The van der Waals surface area contributed by atoms with Crippen molar-refractivity contribution in [3.05, 3.63) is 48.1 Å². The summed E-state index contributed by atoms with van der Waals surface area (Å²) < 4.78 is 5.37. The molecule has 2 heteroatoms. The van der Waals surface area contributed by atoms with Crippen molar-refractivity contribution < 1.29 is 9.84 Å². The minimum absolute atomic E-state index is 0.406. The molecule has 1 aromatic carbocycles. The second kappa shape index (κ2) is 6.13. The molecule has 1 unspecified atom stereocenters. The van der Waals surface area contributed by atoms with Crippen molar-refractivity contribution >= 4 is 6.08 Å². The van der Waals surface area contributed by atoms with Crippen molar-refractivity contribution in [3.63, 3.8) is 0 Å². The molecule has 0 aliphatic carbocycles. The summed E-state index contributed by atoms with van der Waals surface area (Å²) >= 11 is 0. The quantitative estimate of drug-likeness (QED) is 0.770. The molecule has 0 saturated heterocycles. The maximum atomic E-state index is 9.35. The topological polar surface area (TPSA) is 29.5 Å². The average Bonchev–Trinajstić information content (AvgIpc) is 2.28. The van der Waals surface area contributed by atoms with E-state index < -0.39 is 6.10 Å². The van der Waals surface area contributed by atoms with E-state index in [1.165, 1.54) is 0 Å². The molecule has 0 fully saturated rings. The van der Waals surface area contributed by atoms with Crippen LogP contribution in [-0.2, 0) is 0 Å². The number of aliphatic hydroxyl groups is 1. The summed E-state index contributed by atoms with van der Waals surface area (Å²) in [5.41, 5.74) is 2.00. The normalized spacial score (nSPS) is 13.3. The molecule has 2 nitrogen and oxygen atoms in total. The lowest BCUT2D eigenvalue weighted by Gasteiger charge is -2.05. The SMILES string of the molecule is C=CCOc1ccc(/C=C(\C)C(C)O)cc1.